The summed E-state index contributed by atoms with van der Waals surface area (Å²) in [6, 6.07) is 6.27. The number of ether oxygens (including phenoxy) is 1. The Balaban J connectivity index is 1.70. The Morgan fingerprint density at radius 3 is 2.80 bits per heavy atom. The average Bonchev–Trinajstić information content (AvgIpc) is 2.44. The van der Waals surface area contributed by atoms with Crippen LogP contribution in [0.2, 0.25) is 5.02 Å². The van der Waals surface area contributed by atoms with Gasteiger partial charge in [0, 0.05) is 22.1 Å². The molecule has 2 rings (SSSR count). The molecule has 0 saturated heterocycles. The Bertz CT molecular complexity index is 421. The van der Waals surface area contributed by atoms with Crippen LogP contribution >= 0.6 is 27.5 Å². The summed E-state index contributed by atoms with van der Waals surface area (Å²) in [5, 5.41) is 4.27. The molecule has 4 heteroatoms. The second-order valence-electron chi connectivity index (χ2n) is 5.47. The number of nitrogens with one attached hydrogen (secondary N) is 1. The van der Waals surface area contributed by atoms with Crippen LogP contribution in [0.3, 0.4) is 0 Å². The van der Waals surface area contributed by atoms with E-state index in [1.165, 1.54) is 32.1 Å². The lowest BCUT2D eigenvalue weighted by atomic mass is 9.98. The molecule has 0 aromatic heterocycles. The lowest BCUT2D eigenvalue weighted by Gasteiger charge is -2.23. The molecular weight excluding hydrogens is 338 g/mol. The quantitative estimate of drug-likeness (QED) is 0.712. The average molecular weight is 361 g/mol. The van der Waals surface area contributed by atoms with Gasteiger partial charge in [0.15, 0.2) is 0 Å². The van der Waals surface area contributed by atoms with E-state index < -0.39 is 0 Å². The van der Waals surface area contributed by atoms with Crippen LogP contribution in [0.1, 0.15) is 50.6 Å². The van der Waals surface area contributed by atoms with Gasteiger partial charge in [-0.1, -0.05) is 52.9 Å². The maximum Gasteiger partial charge on any atom is 0.0594 e. The van der Waals surface area contributed by atoms with Gasteiger partial charge in [0.25, 0.3) is 0 Å². The molecular formula is C16H23BrClNO. The molecule has 1 fully saturated rings. The molecule has 0 amide bonds. The predicted molar refractivity (Wildman–Crippen MR) is 88.4 cm³/mol. The summed E-state index contributed by atoms with van der Waals surface area (Å²) in [6.45, 7) is 3.78. The largest absolute Gasteiger partial charge is 0.377 e. The summed E-state index contributed by atoms with van der Waals surface area (Å²) in [4.78, 5) is 0. The molecule has 0 aliphatic heterocycles. The lowest BCUT2D eigenvalue weighted by Crippen LogP contribution is -2.26. The predicted octanol–water partition coefficient (Wildman–Crippen LogP) is 5.10. The van der Waals surface area contributed by atoms with E-state index in [1.54, 1.807) is 0 Å². The highest BCUT2D eigenvalue weighted by molar-refractivity contribution is 9.10. The molecule has 1 N–H and O–H groups in total. The van der Waals surface area contributed by atoms with Crippen LogP contribution in [-0.2, 0) is 4.74 Å². The van der Waals surface area contributed by atoms with E-state index in [-0.39, 0.29) is 6.04 Å². The van der Waals surface area contributed by atoms with Gasteiger partial charge in [-0.15, -0.1) is 0 Å². The van der Waals surface area contributed by atoms with Crippen molar-refractivity contribution < 1.29 is 4.74 Å². The molecule has 20 heavy (non-hydrogen) atoms. The van der Waals surface area contributed by atoms with E-state index in [0.29, 0.717) is 6.10 Å². The van der Waals surface area contributed by atoms with Gasteiger partial charge in [-0.25, -0.2) is 0 Å². The lowest BCUT2D eigenvalue weighted by molar-refractivity contribution is 0.0295. The normalized spacial score (nSPS) is 18.1. The van der Waals surface area contributed by atoms with Gasteiger partial charge in [-0.05, 0) is 37.5 Å². The van der Waals surface area contributed by atoms with Crippen molar-refractivity contribution in [1.29, 1.82) is 0 Å². The topological polar surface area (TPSA) is 21.3 Å². The van der Waals surface area contributed by atoms with Gasteiger partial charge in [0.2, 0.25) is 0 Å². The summed E-state index contributed by atoms with van der Waals surface area (Å²) in [5.74, 6) is 0. The molecule has 0 radical (unpaired) electrons. The Morgan fingerprint density at radius 2 is 2.10 bits per heavy atom. The molecule has 1 aromatic rings. The van der Waals surface area contributed by atoms with Crippen LogP contribution in [0, 0.1) is 0 Å². The van der Waals surface area contributed by atoms with E-state index in [0.717, 1.165) is 28.2 Å². The highest BCUT2D eigenvalue weighted by Crippen LogP contribution is 2.26. The fourth-order valence-corrected chi connectivity index (χ4v) is 3.53. The van der Waals surface area contributed by atoms with Crippen LogP contribution in [0.25, 0.3) is 0 Å². The summed E-state index contributed by atoms with van der Waals surface area (Å²) in [6.07, 6.45) is 6.96. The molecule has 1 aliphatic carbocycles. The molecule has 1 unspecified atom stereocenters. The van der Waals surface area contributed by atoms with E-state index in [2.05, 4.69) is 34.2 Å². The summed E-state index contributed by atoms with van der Waals surface area (Å²) in [5.41, 5.74) is 1.13. The smallest absolute Gasteiger partial charge is 0.0594 e. The van der Waals surface area contributed by atoms with Crippen molar-refractivity contribution in [3.8, 4) is 0 Å². The van der Waals surface area contributed by atoms with E-state index in [1.807, 2.05) is 12.1 Å². The molecule has 2 nitrogen and oxygen atoms in total. The highest BCUT2D eigenvalue weighted by atomic mass is 79.9. The number of hydrogen-bond acceptors (Lipinski definition) is 2. The highest BCUT2D eigenvalue weighted by Gasteiger charge is 2.14. The molecule has 1 atom stereocenters. The minimum atomic E-state index is 0.241. The standard InChI is InChI=1S/C16H23BrClNO/c1-12(15-8-7-13(17)11-16(15)18)19-9-10-20-14-5-3-2-4-6-14/h7-8,11-12,14,19H,2-6,9-10H2,1H3. The number of hydrogen-bond donors (Lipinski definition) is 1. The number of benzene rings is 1. The summed E-state index contributed by atoms with van der Waals surface area (Å²) >= 11 is 9.69. The van der Waals surface area contributed by atoms with Crippen LogP contribution in [0.15, 0.2) is 22.7 Å². The van der Waals surface area contributed by atoms with Crippen molar-refractivity contribution in [1.82, 2.24) is 5.32 Å². The minimum Gasteiger partial charge on any atom is -0.377 e. The number of halogens is 2. The fraction of sp³-hybridized carbons (Fsp3) is 0.625. The first-order valence-electron chi connectivity index (χ1n) is 7.47. The second-order valence-corrected chi connectivity index (χ2v) is 6.80. The van der Waals surface area contributed by atoms with E-state index in [9.17, 15) is 0 Å². The van der Waals surface area contributed by atoms with Gasteiger partial charge < -0.3 is 10.1 Å². The molecule has 1 aromatic carbocycles. The van der Waals surface area contributed by atoms with Crippen LogP contribution in [-0.4, -0.2) is 19.3 Å². The zero-order valence-corrected chi connectivity index (χ0v) is 14.3. The first kappa shape index (κ1) is 16.3. The first-order valence-corrected chi connectivity index (χ1v) is 8.64. The van der Waals surface area contributed by atoms with Crippen molar-refractivity contribution >= 4 is 27.5 Å². The van der Waals surface area contributed by atoms with Gasteiger partial charge in [0.05, 0.1) is 12.7 Å². The maximum absolute atomic E-state index is 6.26. The van der Waals surface area contributed by atoms with Gasteiger partial charge in [0.1, 0.15) is 0 Å². The van der Waals surface area contributed by atoms with Crippen molar-refractivity contribution in [2.24, 2.45) is 0 Å². The summed E-state index contributed by atoms with van der Waals surface area (Å²) in [7, 11) is 0. The van der Waals surface area contributed by atoms with Crippen molar-refractivity contribution in [3.63, 3.8) is 0 Å². The molecule has 1 aliphatic rings. The van der Waals surface area contributed by atoms with Crippen molar-refractivity contribution in [2.75, 3.05) is 13.2 Å². The fourth-order valence-electron chi connectivity index (χ4n) is 2.70. The van der Waals surface area contributed by atoms with E-state index in [4.69, 9.17) is 16.3 Å². The SMILES string of the molecule is CC(NCCOC1CCCCC1)c1ccc(Br)cc1Cl. The molecule has 112 valence electrons. The monoisotopic (exact) mass is 359 g/mol. The number of rotatable bonds is 6. The van der Waals surface area contributed by atoms with Crippen LogP contribution in [0.5, 0.6) is 0 Å². The van der Waals surface area contributed by atoms with Crippen LogP contribution < -0.4 is 5.32 Å². The van der Waals surface area contributed by atoms with Crippen molar-refractivity contribution in [2.45, 2.75) is 51.2 Å². The maximum atomic E-state index is 6.26. The van der Waals surface area contributed by atoms with Gasteiger partial charge in [-0.2, -0.15) is 0 Å². The third-order valence-corrected chi connectivity index (χ3v) is 4.71. The Morgan fingerprint density at radius 1 is 1.35 bits per heavy atom. The Hall–Kier alpha value is -0.0900. The molecule has 0 spiro atoms. The Kier molecular flexibility index (Phi) is 6.82. The second kappa shape index (κ2) is 8.38. The molecule has 0 bridgehead atoms. The molecule has 0 heterocycles. The Labute approximate surface area is 135 Å². The third kappa shape index (κ3) is 5.03. The van der Waals surface area contributed by atoms with Gasteiger partial charge in [-0.3, -0.25) is 0 Å². The van der Waals surface area contributed by atoms with Crippen LogP contribution in [0.4, 0.5) is 0 Å². The van der Waals surface area contributed by atoms with E-state index >= 15 is 0 Å². The van der Waals surface area contributed by atoms with Crippen molar-refractivity contribution in [3.05, 3.63) is 33.3 Å². The summed E-state index contributed by atoms with van der Waals surface area (Å²) < 4.78 is 6.93. The van der Waals surface area contributed by atoms with Gasteiger partial charge >= 0.3 is 0 Å². The molecule has 1 saturated carbocycles. The zero-order valence-electron chi connectivity index (χ0n) is 12.0. The first-order chi connectivity index (χ1) is 9.66. The minimum absolute atomic E-state index is 0.241. The third-order valence-electron chi connectivity index (χ3n) is 3.89. The zero-order chi connectivity index (χ0) is 14.4.